The van der Waals surface area contributed by atoms with E-state index in [0.29, 0.717) is 12.5 Å². The number of amides is 1. The van der Waals surface area contributed by atoms with Crippen molar-refractivity contribution in [1.29, 1.82) is 0 Å². The van der Waals surface area contributed by atoms with E-state index in [1.165, 1.54) is 19.1 Å². The second-order valence-electron chi connectivity index (χ2n) is 10.00. The molecule has 9 nitrogen and oxygen atoms in total. The van der Waals surface area contributed by atoms with Gasteiger partial charge in [0.2, 0.25) is 0 Å². The number of hydrogen-bond donors (Lipinski definition) is 3. The Kier molecular flexibility index (Phi) is 6.78. The number of fused-ring (bicyclic) bond motifs is 1. The van der Waals surface area contributed by atoms with Gasteiger partial charge in [0.25, 0.3) is 5.91 Å². The molecule has 0 radical (unpaired) electrons. The van der Waals surface area contributed by atoms with E-state index in [2.05, 4.69) is 23.9 Å². The number of nitrogens with zero attached hydrogens (tertiary/aromatic N) is 2. The molecule has 1 aromatic carbocycles. The highest BCUT2D eigenvalue weighted by Crippen LogP contribution is 2.48. The van der Waals surface area contributed by atoms with Crippen molar-refractivity contribution < 1.29 is 28.9 Å². The van der Waals surface area contributed by atoms with E-state index in [1.54, 1.807) is 11.0 Å². The first kappa shape index (κ1) is 25.0. The zero-order valence-electron chi connectivity index (χ0n) is 19.9. The smallest absolute Gasteiger partial charge is 0.346 e. The number of carbonyl (C=O) groups excluding carboxylic acids is 2. The Labute approximate surface area is 194 Å². The summed E-state index contributed by atoms with van der Waals surface area (Å²) in [5, 5.41) is 14.0. The Morgan fingerprint density at radius 1 is 1.33 bits per heavy atom. The third kappa shape index (κ3) is 5.14. The minimum Gasteiger partial charge on any atom is -0.509 e. The van der Waals surface area contributed by atoms with Gasteiger partial charge < -0.3 is 25.0 Å². The topological polar surface area (TPSA) is 129 Å². The molecule has 33 heavy (non-hydrogen) atoms. The van der Waals surface area contributed by atoms with Crippen LogP contribution in [0.25, 0.3) is 0 Å². The maximum atomic E-state index is 13.4. The fraction of sp³-hybridized carbons (Fsp3) is 0.522. The number of carbonyl (C=O) groups is 2. The minimum atomic E-state index is -4.28. The quantitative estimate of drug-likeness (QED) is 0.514. The molecule has 0 saturated heterocycles. The molecule has 2 unspecified atom stereocenters. The van der Waals surface area contributed by atoms with Crippen molar-refractivity contribution >= 4 is 36.0 Å². The summed E-state index contributed by atoms with van der Waals surface area (Å²) in [5.41, 5.74) is -0.269. The normalized spacial score (nSPS) is 22.9. The average molecular weight is 477 g/mol. The number of Topliss-reactive ketones (excluding diaryl/α,β-unsaturated/α-hetero) is 1. The molecule has 180 valence electrons. The van der Waals surface area contributed by atoms with Gasteiger partial charge in [-0.3, -0.25) is 14.2 Å². The molecule has 2 atom stereocenters. The predicted octanol–water partition coefficient (Wildman–Crippen LogP) is 3.40. The fourth-order valence-electron chi connectivity index (χ4n) is 3.97. The summed E-state index contributed by atoms with van der Waals surface area (Å²) in [6.45, 7) is 11.6. The number of aliphatic hydroxyl groups excluding tert-OH is 1. The van der Waals surface area contributed by atoms with Gasteiger partial charge in [0.15, 0.2) is 11.6 Å². The van der Waals surface area contributed by atoms with Crippen molar-refractivity contribution in [1.82, 2.24) is 4.90 Å². The van der Waals surface area contributed by atoms with E-state index in [1.807, 2.05) is 20.8 Å². The zero-order chi connectivity index (χ0) is 24.7. The highest BCUT2D eigenvalue weighted by Gasteiger charge is 2.48. The van der Waals surface area contributed by atoms with Crippen LogP contribution in [0.1, 0.15) is 48.0 Å². The van der Waals surface area contributed by atoms with Crippen LogP contribution in [0.3, 0.4) is 0 Å². The SMILES string of the molecule is CC(=O)COc1ccc2c(c1)P(=O)(O)N=C(C1=C(O)C(C(C)(C)C)N(CCC(C)C)C1=O)N2. The Balaban J connectivity index is 1.99. The van der Waals surface area contributed by atoms with Crippen LogP contribution in [0.15, 0.2) is 34.3 Å². The van der Waals surface area contributed by atoms with Gasteiger partial charge in [0.1, 0.15) is 23.7 Å². The summed E-state index contributed by atoms with van der Waals surface area (Å²) in [4.78, 5) is 36.8. The lowest BCUT2D eigenvalue weighted by Gasteiger charge is -2.35. The number of nitrogens with one attached hydrogen (secondary N) is 1. The second-order valence-corrected chi connectivity index (χ2v) is 11.8. The van der Waals surface area contributed by atoms with Crippen molar-refractivity contribution in [3.05, 3.63) is 29.5 Å². The molecular weight excluding hydrogens is 445 g/mol. The standard InChI is InChI=1S/C23H32N3O6P/c1-13(2)9-10-26-20(23(4,5)6)19(28)18(22(26)29)21-24-16-8-7-15(32-12-14(3)27)11-17(16)33(30,31)25-21/h7-8,11,13,20,28H,9-10,12H2,1-6H3,(H2,24,25,30,31). The van der Waals surface area contributed by atoms with Crippen LogP contribution >= 0.6 is 7.52 Å². The number of ketones is 1. The molecule has 2 aliphatic heterocycles. The first-order chi connectivity index (χ1) is 15.2. The summed E-state index contributed by atoms with van der Waals surface area (Å²) in [6.07, 6.45) is 0.753. The molecule has 2 aliphatic rings. The molecule has 2 heterocycles. The number of rotatable bonds is 7. The fourth-order valence-corrected chi connectivity index (χ4v) is 5.24. The summed E-state index contributed by atoms with van der Waals surface area (Å²) in [5.74, 6) is -0.286. The van der Waals surface area contributed by atoms with E-state index in [9.17, 15) is 24.2 Å². The van der Waals surface area contributed by atoms with Crippen LogP contribution in [-0.2, 0) is 14.2 Å². The number of anilines is 1. The van der Waals surface area contributed by atoms with E-state index in [0.717, 1.165) is 6.42 Å². The molecule has 1 aromatic rings. The summed E-state index contributed by atoms with van der Waals surface area (Å²) < 4.78 is 22.4. The Bertz CT molecular complexity index is 1090. The van der Waals surface area contributed by atoms with Crippen molar-refractivity contribution in [2.75, 3.05) is 18.5 Å². The lowest BCUT2D eigenvalue weighted by Crippen LogP contribution is -2.44. The van der Waals surface area contributed by atoms with Gasteiger partial charge in [-0.1, -0.05) is 34.6 Å². The molecule has 1 amide bonds. The van der Waals surface area contributed by atoms with Crippen LogP contribution in [0, 0.1) is 11.3 Å². The highest BCUT2D eigenvalue weighted by atomic mass is 31.2. The number of amidine groups is 1. The van der Waals surface area contributed by atoms with E-state index < -0.39 is 24.9 Å². The molecule has 0 aliphatic carbocycles. The second kappa shape index (κ2) is 8.95. The molecule has 3 rings (SSSR count). The van der Waals surface area contributed by atoms with Gasteiger partial charge in [0.05, 0.1) is 17.0 Å². The third-order valence-corrected chi connectivity index (χ3v) is 6.99. The minimum absolute atomic E-state index is 0.00173. The largest absolute Gasteiger partial charge is 0.509 e. The Hall–Kier alpha value is -2.64. The predicted molar refractivity (Wildman–Crippen MR) is 127 cm³/mol. The van der Waals surface area contributed by atoms with Crippen LogP contribution in [0.2, 0.25) is 0 Å². The summed E-state index contributed by atoms with van der Waals surface area (Å²) in [7, 11) is -4.28. The van der Waals surface area contributed by atoms with E-state index in [4.69, 9.17) is 4.74 Å². The number of benzene rings is 1. The Morgan fingerprint density at radius 3 is 2.58 bits per heavy atom. The summed E-state index contributed by atoms with van der Waals surface area (Å²) >= 11 is 0. The molecular formula is C23H32N3O6P. The van der Waals surface area contributed by atoms with E-state index >= 15 is 0 Å². The average Bonchev–Trinajstić information content (AvgIpc) is 2.94. The van der Waals surface area contributed by atoms with Gasteiger partial charge in [-0.15, -0.1) is 0 Å². The monoisotopic (exact) mass is 477 g/mol. The zero-order valence-corrected chi connectivity index (χ0v) is 20.8. The van der Waals surface area contributed by atoms with Gasteiger partial charge >= 0.3 is 7.52 Å². The van der Waals surface area contributed by atoms with Crippen LogP contribution in [0.5, 0.6) is 5.75 Å². The van der Waals surface area contributed by atoms with Crippen molar-refractivity contribution in [3.8, 4) is 5.75 Å². The van der Waals surface area contributed by atoms with Crippen molar-refractivity contribution in [2.45, 2.75) is 54.0 Å². The van der Waals surface area contributed by atoms with Crippen LogP contribution in [0.4, 0.5) is 5.69 Å². The van der Waals surface area contributed by atoms with E-state index in [-0.39, 0.29) is 46.3 Å². The first-order valence-corrected chi connectivity index (χ1v) is 12.5. The Morgan fingerprint density at radius 2 is 2.00 bits per heavy atom. The molecule has 0 spiro atoms. The van der Waals surface area contributed by atoms with Gasteiger partial charge in [-0.2, -0.15) is 4.76 Å². The van der Waals surface area contributed by atoms with Gasteiger partial charge in [-0.05, 0) is 42.9 Å². The molecule has 0 fully saturated rings. The van der Waals surface area contributed by atoms with Crippen molar-refractivity contribution in [2.24, 2.45) is 16.1 Å². The highest BCUT2D eigenvalue weighted by molar-refractivity contribution is 7.65. The van der Waals surface area contributed by atoms with Crippen molar-refractivity contribution in [3.63, 3.8) is 0 Å². The lowest BCUT2D eigenvalue weighted by atomic mass is 9.85. The molecule has 3 N–H and O–H groups in total. The number of hydrogen-bond acceptors (Lipinski definition) is 6. The van der Waals surface area contributed by atoms with Gasteiger partial charge in [-0.25, -0.2) is 0 Å². The first-order valence-electron chi connectivity index (χ1n) is 10.9. The van der Waals surface area contributed by atoms with Crippen LogP contribution < -0.4 is 15.4 Å². The van der Waals surface area contributed by atoms with Gasteiger partial charge in [0, 0.05) is 6.54 Å². The molecule has 0 aromatic heterocycles. The summed E-state index contributed by atoms with van der Waals surface area (Å²) in [6, 6.07) is 3.85. The maximum absolute atomic E-state index is 13.4. The third-order valence-electron chi connectivity index (χ3n) is 5.52. The lowest BCUT2D eigenvalue weighted by molar-refractivity contribution is -0.128. The van der Waals surface area contributed by atoms with Crippen LogP contribution in [-0.4, -0.2) is 51.6 Å². The molecule has 10 heteroatoms. The maximum Gasteiger partial charge on any atom is 0.346 e. The molecule has 0 bridgehead atoms. The number of ether oxygens (including phenoxy) is 1. The number of aliphatic hydroxyl groups is 1. The molecule has 0 saturated carbocycles.